The van der Waals surface area contributed by atoms with Crippen LogP contribution >= 0.6 is 45.1 Å². The molecule has 0 radical (unpaired) electrons. The number of nitrogen functional groups attached to an aromatic ring is 1. The Bertz CT molecular complexity index is 3330. The fraction of sp³-hybridized carbons (Fsp3) is 0.429. The van der Waals surface area contributed by atoms with Crippen molar-refractivity contribution >= 4 is 110 Å². The zero-order chi connectivity index (χ0) is 62.8. The summed E-state index contributed by atoms with van der Waals surface area (Å²) in [5.74, 6) is -1.67. The quantitative estimate of drug-likeness (QED) is 0.0141. The molecule has 1 saturated heterocycles. The Labute approximate surface area is 496 Å². The number of nitrogens with two attached hydrogens (primary N) is 1. The first-order chi connectivity index (χ1) is 40.7. The average molecular weight is 1300 g/mol. The lowest BCUT2D eigenvalue weighted by molar-refractivity contribution is -0.148. The minimum Gasteiger partial charge on any atom is -0.481 e. The highest BCUT2D eigenvalue weighted by atomic mass is 33.1. The number of carboxylic acid groups (broad SMARTS) is 3. The molecular formula is C49H60N9O23P3S2. The van der Waals surface area contributed by atoms with E-state index in [0.717, 1.165) is 22.3 Å². The number of phosphoric ester groups is 1. The number of amides is 5. The van der Waals surface area contributed by atoms with Gasteiger partial charge >= 0.3 is 47.5 Å². The van der Waals surface area contributed by atoms with Gasteiger partial charge in [0.1, 0.15) is 48.8 Å². The van der Waals surface area contributed by atoms with E-state index < -0.39 is 115 Å². The number of fused-ring (bicyclic) bond motifs is 4. The first-order valence-electron chi connectivity index (χ1n) is 25.9. The molecule has 37 heteroatoms. The van der Waals surface area contributed by atoms with Crippen LogP contribution in [0.25, 0.3) is 22.2 Å². The maximum absolute atomic E-state index is 13.6. The van der Waals surface area contributed by atoms with Crippen LogP contribution in [0.15, 0.2) is 61.1 Å². The molecule has 5 unspecified atom stereocenters. The second-order valence-corrected chi connectivity index (χ2v) is 25.9. The number of hydrogen-bond acceptors (Lipinski definition) is 21. The normalized spacial score (nSPS) is 17.0. The van der Waals surface area contributed by atoms with Crippen LogP contribution in [0.5, 0.6) is 0 Å². The molecule has 1 fully saturated rings. The van der Waals surface area contributed by atoms with Crippen LogP contribution in [0.2, 0.25) is 0 Å². The summed E-state index contributed by atoms with van der Waals surface area (Å²) in [6.07, 6.45) is -0.330. The van der Waals surface area contributed by atoms with Crippen LogP contribution < -0.4 is 32.3 Å². The van der Waals surface area contributed by atoms with Crippen molar-refractivity contribution in [1.29, 1.82) is 0 Å². The van der Waals surface area contributed by atoms with E-state index >= 15 is 0 Å². The summed E-state index contributed by atoms with van der Waals surface area (Å²) < 4.78 is 60.3. The van der Waals surface area contributed by atoms with Crippen molar-refractivity contribution < 1.29 is 110 Å². The number of carboxylic acids is 3. The highest BCUT2D eigenvalue weighted by Crippen LogP contribution is 2.66. The van der Waals surface area contributed by atoms with E-state index in [0.29, 0.717) is 35.9 Å². The average Bonchev–Trinajstić information content (AvgIpc) is 2.05. The van der Waals surface area contributed by atoms with E-state index in [-0.39, 0.29) is 74.5 Å². The topological polar surface area (TPSA) is 492 Å². The summed E-state index contributed by atoms with van der Waals surface area (Å²) in [4.78, 5) is 144. The predicted molar refractivity (Wildman–Crippen MR) is 304 cm³/mol. The summed E-state index contributed by atoms with van der Waals surface area (Å²) in [5.41, 5.74) is 10.8. The van der Waals surface area contributed by atoms with Gasteiger partial charge in [-0.25, -0.2) is 33.3 Å². The third kappa shape index (κ3) is 21.2. The molecule has 7 atom stereocenters. The van der Waals surface area contributed by atoms with Crippen molar-refractivity contribution in [3.05, 3.63) is 77.7 Å². The largest absolute Gasteiger partial charge is 0.490 e. The number of rotatable bonds is 33. The predicted octanol–water partition coefficient (Wildman–Crippen LogP) is 2.86. The fourth-order valence-electron chi connectivity index (χ4n) is 8.78. The molecule has 5 amide bonds. The lowest BCUT2D eigenvalue weighted by atomic mass is 9.98. The number of anilines is 1. The Balaban J connectivity index is 0.972. The molecule has 3 heterocycles. The number of benzene rings is 2. The van der Waals surface area contributed by atoms with Gasteiger partial charge in [0.2, 0.25) is 23.6 Å². The van der Waals surface area contributed by atoms with Crippen molar-refractivity contribution in [2.24, 2.45) is 0 Å². The fourth-order valence-corrected chi connectivity index (χ4v) is 14.0. The molecule has 2 aromatic carbocycles. The molecule has 32 nitrogen and oxygen atoms in total. The van der Waals surface area contributed by atoms with Crippen molar-refractivity contribution in [3.63, 3.8) is 0 Å². The van der Waals surface area contributed by atoms with E-state index in [4.69, 9.17) is 34.6 Å². The minimum atomic E-state index is -5.72. The van der Waals surface area contributed by atoms with Crippen LogP contribution in [0, 0.1) is 11.8 Å². The molecule has 2 aromatic heterocycles. The van der Waals surface area contributed by atoms with E-state index in [1.165, 1.54) is 27.9 Å². The zero-order valence-corrected chi connectivity index (χ0v) is 49.4. The number of aromatic nitrogens is 3. The van der Waals surface area contributed by atoms with E-state index in [2.05, 4.69) is 51.7 Å². The second kappa shape index (κ2) is 31.6. The number of phosphoric acid groups is 3. The van der Waals surface area contributed by atoms with Gasteiger partial charge in [0.05, 0.1) is 43.0 Å². The van der Waals surface area contributed by atoms with Crippen LogP contribution in [-0.2, 0) is 69.9 Å². The molecule has 1 aliphatic heterocycles. The lowest BCUT2D eigenvalue weighted by Crippen LogP contribution is -2.52. The molecule has 2 aliphatic rings. The van der Waals surface area contributed by atoms with E-state index in [9.17, 15) is 72.1 Å². The Morgan fingerprint density at radius 2 is 1.42 bits per heavy atom. The number of aliphatic carboxylic acids is 3. The monoisotopic (exact) mass is 1300 g/mol. The summed E-state index contributed by atoms with van der Waals surface area (Å²) in [6.45, 7) is -0.679. The lowest BCUT2D eigenvalue weighted by Gasteiger charge is -2.20. The van der Waals surface area contributed by atoms with Gasteiger partial charge < -0.3 is 81.3 Å². The van der Waals surface area contributed by atoms with Crippen LogP contribution in [0.3, 0.4) is 0 Å². The molecule has 4 aromatic rings. The maximum atomic E-state index is 13.6. The van der Waals surface area contributed by atoms with Gasteiger partial charge in [-0.3, -0.25) is 33.3 Å². The SMILES string of the molecule is Nc1ncnc2c1c(C#CCNC(=O)CCSSCC(NC(=O)OCC1c3ccccc3-c3ccccc31)C(=O)NCCCCCC(=O)NC(CC(=O)O)C(=O)NC(CC(=O)O)C(=O)O)cn2[C@H]1CC[C@@H](COP(=O)(O)OP(=O)(O)OP(=O)(O)O)O1. The Hall–Kier alpha value is -6.95. The highest BCUT2D eigenvalue weighted by Gasteiger charge is 2.42. The molecule has 0 spiro atoms. The third-order valence-electron chi connectivity index (χ3n) is 12.6. The van der Waals surface area contributed by atoms with Gasteiger partial charge in [0.25, 0.3) is 0 Å². The Morgan fingerprint density at radius 1 is 0.744 bits per heavy atom. The first kappa shape index (κ1) is 68.2. The van der Waals surface area contributed by atoms with Gasteiger partial charge in [0.15, 0.2) is 0 Å². The number of nitrogens with one attached hydrogen (secondary N) is 5. The first-order valence-corrected chi connectivity index (χ1v) is 32.9. The summed E-state index contributed by atoms with van der Waals surface area (Å²) in [5, 5.41) is 40.1. The van der Waals surface area contributed by atoms with Crippen molar-refractivity contribution in [2.75, 3.05) is 43.5 Å². The van der Waals surface area contributed by atoms with Crippen molar-refractivity contribution in [3.8, 4) is 23.0 Å². The van der Waals surface area contributed by atoms with Gasteiger partial charge in [-0.2, -0.15) is 8.62 Å². The van der Waals surface area contributed by atoms with Gasteiger partial charge in [-0.15, -0.1) is 0 Å². The Kier molecular flexibility index (Phi) is 25.1. The number of carbonyl (C=O) groups excluding carboxylic acids is 5. The molecule has 14 N–H and O–H groups in total. The van der Waals surface area contributed by atoms with E-state index in [1.54, 1.807) is 10.8 Å². The number of ether oxygens (including phenoxy) is 2. The molecule has 0 bridgehead atoms. The van der Waals surface area contributed by atoms with Crippen LogP contribution in [0.4, 0.5) is 10.6 Å². The van der Waals surface area contributed by atoms with Gasteiger partial charge in [-0.1, -0.05) is 88.4 Å². The summed E-state index contributed by atoms with van der Waals surface area (Å²) >= 11 is 0. The molecule has 86 heavy (non-hydrogen) atoms. The number of alkyl carbamates (subject to hydrolysis) is 1. The molecule has 1 aliphatic carbocycles. The van der Waals surface area contributed by atoms with Crippen molar-refractivity contribution in [1.82, 2.24) is 41.1 Å². The molecule has 0 saturated carbocycles. The van der Waals surface area contributed by atoms with E-state index in [1.807, 2.05) is 53.8 Å². The van der Waals surface area contributed by atoms with Gasteiger partial charge in [0, 0.05) is 43.0 Å². The maximum Gasteiger partial charge on any atom is 0.490 e. The Morgan fingerprint density at radius 3 is 2.08 bits per heavy atom. The number of carbonyl (C=O) groups is 8. The highest BCUT2D eigenvalue weighted by molar-refractivity contribution is 8.76. The molecule has 6 rings (SSSR count). The molecule has 466 valence electrons. The summed E-state index contributed by atoms with van der Waals surface area (Å²) in [7, 11) is -14.2. The number of hydrogen-bond donors (Lipinski definition) is 13. The van der Waals surface area contributed by atoms with Crippen LogP contribution in [-0.4, -0.2) is 159 Å². The number of unbranched alkanes of at least 4 members (excludes halogenated alkanes) is 2. The second-order valence-electron chi connectivity index (χ2n) is 18.9. The van der Waals surface area contributed by atoms with Crippen LogP contribution in [0.1, 0.15) is 86.6 Å². The standard InChI is InChI=1S/C49H60N9O23P3S2/c50-44-43-28(23-58(45(43)54-27-53-44)40-16-15-29(79-40)24-78-83(73,74)81-84(75,76)80-82(70,71)72)9-8-19-51-38(59)17-20-85-86-26-37(57-49(69)77-25-34-32-12-5-3-10-30(32)31-11-4-6-13-33(31)34)46(65)52-18-7-1-2-14-39(60)55-35(21-41(61)62)47(66)56-36(48(67)68)22-42(63)64/h3-6,10-13,23,27,29,34-37,40H,1-2,7,14-22,24-26H2,(H,51,59)(H,52,65)(H,55,60)(H,56,66)(H,57,69)(H,61,62)(H,63,64)(H,67,68)(H,73,74)(H,75,76)(H2,50,53,54)(H2,70,71,72)/t29-,35?,36?,37?,40+/m0/s1. The third-order valence-corrected chi connectivity index (χ3v) is 18.8. The van der Waals surface area contributed by atoms with Crippen molar-refractivity contribution in [2.45, 2.75) is 94.2 Å². The number of nitrogens with zero attached hydrogens (tertiary/aromatic N) is 3. The minimum absolute atomic E-state index is 0.0257. The van der Waals surface area contributed by atoms with Gasteiger partial charge in [-0.05, 0) is 47.9 Å². The molecular weight excluding hydrogens is 1240 g/mol. The smallest absolute Gasteiger partial charge is 0.481 e. The summed E-state index contributed by atoms with van der Waals surface area (Å²) in [6, 6.07) is 10.8. The zero-order valence-electron chi connectivity index (χ0n) is 45.1.